The van der Waals surface area contributed by atoms with Gasteiger partial charge in [0.2, 0.25) is 5.88 Å². The molecule has 0 atom stereocenters. The van der Waals surface area contributed by atoms with Crippen molar-refractivity contribution in [2.24, 2.45) is 0 Å². The van der Waals surface area contributed by atoms with Gasteiger partial charge in [-0.05, 0) is 31.2 Å². The summed E-state index contributed by atoms with van der Waals surface area (Å²) in [6, 6.07) is 7.41. The molecule has 19 heavy (non-hydrogen) atoms. The SMILES string of the molecule is CCOc1ccc(NCc2cc(F)ccc2O)cn1. The number of hydrogen-bond donors (Lipinski definition) is 2. The molecule has 2 rings (SSSR count). The van der Waals surface area contributed by atoms with E-state index in [0.717, 1.165) is 5.69 Å². The standard InChI is InChI=1S/C14H15FN2O2/c1-2-19-14-6-4-12(9-17-14)16-8-10-7-11(15)3-5-13(10)18/h3-7,9,16,18H,2,8H2,1H3. The van der Waals surface area contributed by atoms with Crippen molar-refractivity contribution in [1.82, 2.24) is 4.98 Å². The van der Waals surface area contributed by atoms with Crippen LogP contribution in [0.25, 0.3) is 0 Å². The van der Waals surface area contributed by atoms with E-state index in [1.165, 1.54) is 18.2 Å². The monoisotopic (exact) mass is 262 g/mol. The zero-order valence-electron chi connectivity index (χ0n) is 10.6. The maximum absolute atomic E-state index is 13.0. The molecule has 5 heteroatoms. The largest absolute Gasteiger partial charge is 0.508 e. The lowest BCUT2D eigenvalue weighted by Crippen LogP contribution is -2.01. The minimum atomic E-state index is -0.376. The van der Waals surface area contributed by atoms with E-state index in [-0.39, 0.29) is 11.6 Å². The molecule has 0 amide bonds. The van der Waals surface area contributed by atoms with Gasteiger partial charge in [0.1, 0.15) is 11.6 Å². The molecule has 4 nitrogen and oxygen atoms in total. The molecular weight excluding hydrogens is 247 g/mol. The summed E-state index contributed by atoms with van der Waals surface area (Å²) in [5.41, 5.74) is 1.26. The fraction of sp³-hybridized carbons (Fsp3) is 0.214. The molecule has 0 aliphatic heterocycles. The van der Waals surface area contributed by atoms with Crippen LogP contribution in [0.1, 0.15) is 12.5 Å². The summed E-state index contributed by atoms with van der Waals surface area (Å²) in [6.07, 6.45) is 1.63. The van der Waals surface area contributed by atoms with E-state index in [1.807, 2.05) is 13.0 Å². The summed E-state index contributed by atoms with van der Waals surface area (Å²) in [4.78, 5) is 4.10. The highest BCUT2D eigenvalue weighted by Crippen LogP contribution is 2.19. The summed E-state index contributed by atoms with van der Waals surface area (Å²) in [7, 11) is 0. The average molecular weight is 262 g/mol. The van der Waals surface area contributed by atoms with Gasteiger partial charge >= 0.3 is 0 Å². The molecule has 0 aliphatic rings. The fourth-order valence-electron chi connectivity index (χ4n) is 1.61. The van der Waals surface area contributed by atoms with Crippen molar-refractivity contribution in [1.29, 1.82) is 0 Å². The molecule has 1 aromatic carbocycles. The number of rotatable bonds is 5. The highest BCUT2D eigenvalue weighted by molar-refractivity contribution is 5.44. The number of aromatic nitrogens is 1. The summed E-state index contributed by atoms with van der Waals surface area (Å²) >= 11 is 0. The Hall–Kier alpha value is -2.30. The van der Waals surface area contributed by atoms with Gasteiger partial charge in [0.15, 0.2) is 0 Å². The van der Waals surface area contributed by atoms with Crippen LogP contribution < -0.4 is 10.1 Å². The molecule has 0 saturated carbocycles. The zero-order valence-corrected chi connectivity index (χ0v) is 10.6. The number of ether oxygens (including phenoxy) is 1. The maximum atomic E-state index is 13.0. The zero-order chi connectivity index (χ0) is 13.7. The molecule has 0 radical (unpaired) electrons. The van der Waals surface area contributed by atoms with Gasteiger partial charge in [-0.1, -0.05) is 0 Å². The Morgan fingerprint density at radius 2 is 2.16 bits per heavy atom. The van der Waals surface area contributed by atoms with E-state index in [1.54, 1.807) is 12.3 Å². The van der Waals surface area contributed by atoms with Crippen molar-refractivity contribution in [2.45, 2.75) is 13.5 Å². The van der Waals surface area contributed by atoms with E-state index < -0.39 is 0 Å². The van der Waals surface area contributed by atoms with E-state index in [0.29, 0.717) is 24.6 Å². The number of nitrogens with zero attached hydrogens (tertiary/aromatic N) is 1. The summed E-state index contributed by atoms with van der Waals surface area (Å²) in [6.45, 7) is 2.77. The minimum Gasteiger partial charge on any atom is -0.508 e. The topological polar surface area (TPSA) is 54.4 Å². The molecule has 2 aromatic rings. The van der Waals surface area contributed by atoms with Gasteiger partial charge in [0.25, 0.3) is 0 Å². The summed E-state index contributed by atoms with van der Waals surface area (Å²) < 4.78 is 18.3. The first-order chi connectivity index (χ1) is 9.19. The lowest BCUT2D eigenvalue weighted by Gasteiger charge is -2.08. The van der Waals surface area contributed by atoms with Crippen LogP contribution in [0.15, 0.2) is 36.5 Å². The van der Waals surface area contributed by atoms with Crippen molar-refractivity contribution in [3.8, 4) is 11.6 Å². The molecule has 2 N–H and O–H groups in total. The molecule has 1 heterocycles. The molecule has 0 saturated heterocycles. The van der Waals surface area contributed by atoms with E-state index in [9.17, 15) is 9.50 Å². The van der Waals surface area contributed by atoms with Gasteiger partial charge in [-0.2, -0.15) is 0 Å². The van der Waals surface area contributed by atoms with Crippen LogP contribution in [0.3, 0.4) is 0 Å². The molecule has 100 valence electrons. The third-order valence-corrected chi connectivity index (χ3v) is 2.55. The van der Waals surface area contributed by atoms with Crippen molar-refractivity contribution in [3.05, 3.63) is 47.9 Å². The molecule has 0 bridgehead atoms. The summed E-state index contributed by atoms with van der Waals surface area (Å²) in [5.74, 6) is 0.244. The second-order valence-corrected chi connectivity index (χ2v) is 3.94. The smallest absolute Gasteiger partial charge is 0.213 e. The third kappa shape index (κ3) is 3.58. The van der Waals surface area contributed by atoms with Crippen LogP contribution in [0.2, 0.25) is 0 Å². The van der Waals surface area contributed by atoms with Crippen LogP contribution in [0, 0.1) is 5.82 Å². The number of phenolic OH excluding ortho intramolecular Hbond substituents is 1. The third-order valence-electron chi connectivity index (χ3n) is 2.55. The number of pyridine rings is 1. The first-order valence-corrected chi connectivity index (χ1v) is 5.99. The van der Waals surface area contributed by atoms with E-state index in [4.69, 9.17) is 4.74 Å². The van der Waals surface area contributed by atoms with Gasteiger partial charge in [0.05, 0.1) is 18.5 Å². The first kappa shape index (κ1) is 13.1. The Bertz CT molecular complexity index is 544. The number of phenols is 1. The second-order valence-electron chi connectivity index (χ2n) is 3.94. The van der Waals surface area contributed by atoms with Crippen LogP contribution in [0.5, 0.6) is 11.6 Å². The molecule has 1 aromatic heterocycles. The quantitative estimate of drug-likeness (QED) is 0.870. The van der Waals surface area contributed by atoms with Gasteiger partial charge in [-0.3, -0.25) is 0 Å². The van der Waals surface area contributed by atoms with E-state index >= 15 is 0 Å². The van der Waals surface area contributed by atoms with Crippen LogP contribution >= 0.6 is 0 Å². The van der Waals surface area contributed by atoms with Gasteiger partial charge in [0, 0.05) is 18.2 Å². The number of aromatic hydroxyl groups is 1. The van der Waals surface area contributed by atoms with Crippen LogP contribution in [-0.4, -0.2) is 16.7 Å². The molecular formula is C14H15FN2O2. The minimum absolute atomic E-state index is 0.0628. The molecule has 0 fully saturated rings. The van der Waals surface area contributed by atoms with Gasteiger partial charge < -0.3 is 15.2 Å². The predicted molar refractivity (Wildman–Crippen MR) is 70.8 cm³/mol. The number of nitrogens with one attached hydrogen (secondary N) is 1. The van der Waals surface area contributed by atoms with Crippen molar-refractivity contribution in [3.63, 3.8) is 0 Å². The molecule has 0 spiro atoms. The molecule has 0 aliphatic carbocycles. The Labute approximate surface area is 110 Å². The number of benzene rings is 1. The maximum Gasteiger partial charge on any atom is 0.213 e. The predicted octanol–water partition coefficient (Wildman–Crippen LogP) is 2.94. The Balaban J connectivity index is 2.00. The number of halogens is 1. The normalized spacial score (nSPS) is 10.2. The van der Waals surface area contributed by atoms with Crippen LogP contribution in [-0.2, 0) is 6.54 Å². The lowest BCUT2D eigenvalue weighted by molar-refractivity contribution is 0.327. The molecule has 0 unspecified atom stereocenters. The summed E-state index contributed by atoms with van der Waals surface area (Å²) in [5, 5.41) is 12.6. The second kappa shape index (κ2) is 6.04. The van der Waals surface area contributed by atoms with Crippen LogP contribution in [0.4, 0.5) is 10.1 Å². The van der Waals surface area contributed by atoms with Crippen molar-refractivity contribution < 1.29 is 14.2 Å². The first-order valence-electron chi connectivity index (χ1n) is 5.99. The highest BCUT2D eigenvalue weighted by atomic mass is 19.1. The highest BCUT2D eigenvalue weighted by Gasteiger charge is 2.03. The van der Waals surface area contributed by atoms with Crippen molar-refractivity contribution in [2.75, 3.05) is 11.9 Å². The average Bonchev–Trinajstić information content (AvgIpc) is 2.42. The number of anilines is 1. The fourth-order valence-corrected chi connectivity index (χ4v) is 1.61. The lowest BCUT2D eigenvalue weighted by atomic mass is 10.2. The van der Waals surface area contributed by atoms with E-state index in [2.05, 4.69) is 10.3 Å². The van der Waals surface area contributed by atoms with Crippen molar-refractivity contribution >= 4 is 5.69 Å². The van der Waals surface area contributed by atoms with Gasteiger partial charge in [-0.25, -0.2) is 9.37 Å². The Kier molecular flexibility index (Phi) is 4.18. The van der Waals surface area contributed by atoms with Gasteiger partial charge in [-0.15, -0.1) is 0 Å². The number of hydrogen-bond acceptors (Lipinski definition) is 4. The Morgan fingerprint density at radius 3 is 2.84 bits per heavy atom. The Morgan fingerprint density at radius 1 is 1.32 bits per heavy atom.